The van der Waals surface area contributed by atoms with Crippen molar-refractivity contribution < 1.29 is 19.4 Å². The number of carboxylic acids is 1. The summed E-state index contributed by atoms with van der Waals surface area (Å²) in [6.45, 7) is 3.34. The first-order chi connectivity index (χ1) is 9.48. The average molecular weight is 295 g/mol. The smallest absolute Gasteiger partial charge is 0.328 e. The van der Waals surface area contributed by atoms with Crippen molar-refractivity contribution in [1.82, 2.24) is 5.32 Å². The fourth-order valence-electron chi connectivity index (χ4n) is 2.00. The molecule has 2 N–H and O–H groups in total. The Bertz CT molecular complexity index is 529. The van der Waals surface area contributed by atoms with Crippen molar-refractivity contribution >= 4 is 29.3 Å². The van der Waals surface area contributed by atoms with E-state index >= 15 is 0 Å². The summed E-state index contributed by atoms with van der Waals surface area (Å²) in [5.41, 5.74) is -0.226. The fourth-order valence-corrected chi connectivity index (χ4v) is 2.81. The molecule has 2 rings (SSSR count). The molecule has 0 radical (unpaired) electrons. The third-order valence-corrected chi connectivity index (χ3v) is 4.30. The Morgan fingerprint density at radius 1 is 1.40 bits per heavy atom. The molecule has 0 atom stereocenters. The Morgan fingerprint density at radius 3 is 2.75 bits per heavy atom. The van der Waals surface area contributed by atoms with Crippen LogP contribution in [0.2, 0.25) is 0 Å². The van der Waals surface area contributed by atoms with Crippen molar-refractivity contribution in [2.24, 2.45) is 0 Å². The molecule has 20 heavy (non-hydrogen) atoms. The molecule has 2 heterocycles. The zero-order valence-electron chi connectivity index (χ0n) is 11.2. The number of rotatable bonds is 4. The molecule has 1 saturated heterocycles. The van der Waals surface area contributed by atoms with Crippen LogP contribution in [0.15, 0.2) is 18.2 Å². The molecule has 0 saturated carbocycles. The van der Waals surface area contributed by atoms with Crippen LogP contribution in [-0.2, 0) is 9.53 Å². The van der Waals surface area contributed by atoms with Crippen LogP contribution in [0.3, 0.4) is 0 Å². The van der Waals surface area contributed by atoms with Gasteiger partial charge in [-0.25, -0.2) is 4.79 Å². The topological polar surface area (TPSA) is 75.6 Å². The van der Waals surface area contributed by atoms with E-state index in [0.29, 0.717) is 18.1 Å². The Hall–Kier alpha value is -1.66. The number of nitrogens with one attached hydrogen (secondary N) is 1. The molecule has 1 aliphatic rings. The molecule has 108 valence electrons. The van der Waals surface area contributed by atoms with Gasteiger partial charge < -0.3 is 15.2 Å². The van der Waals surface area contributed by atoms with E-state index in [0.717, 1.165) is 23.8 Å². The van der Waals surface area contributed by atoms with E-state index in [-0.39, 0.29) is 11.4 Å². The number of amides is 1. The molecule has 1 amide bonds. The van der Waals surface area contributed by atoms with Crippen LogP contribution in [0.4, 0.5) is 0 Å². The van der Waals surface area contributed by atoms with Gasteiger partial charge in [-0.2, -0.15) is 0 Å². The zero-order valence-corrected chi connectivity index (χ0v) is 12.0. The quantitative estimate of drug-likeness (QED) is 0.835. The summed E-state index contributed by atoms with van der Waals surface area (Å²) in [6.07, 6.45) is 4.15. The maximum Gasteiger partial charge on any atom is 0.328 e. The summed E-state index contributed by atoms with van der Waals surface area (Å²) >= 11 is 1.28. The highest BCUT2D eigenvalue weighted by Gasteiger charge is 2.29. The van der Waals surface area contributed by atoms with Gasteiger partial charge in [-0.3, -0.25) is 4.79 Å². The van der Waals surface area contributed by atoms with Gasteiger partial charge in [0.1, 0.15) is 0 Å². The normalized spacial score (nSPS) is 18.1. The van der Waals surface area contributed by atoms with Gasteiger partial charge in [0.05, 0.1) is 4.88 Å². The van der Waals surface area contributed by atoms with Crippen molar-refractivity contribution in [2.45, 2.75) is 25.3 Å². The van der Waals surface area contributed by atoms with Gasteiger partial charge >= 0.3 is 5.97 Å². The van der Waals surface area contributed by atoms with Crippen molar-refractivity contribution in [3.05, 3.63) is 28.0 Å². The van der Waals surface area contributed by atoms with Crippen molar-refractivity contribution in [2.75, 3.05) is 13.2 Å². The largest absolute Gasteiger partial charge is 0.478 e. The highest BCUT2D eigenvalue weighted by Crippen LogP contribution is 2.23. The number of thiophene rings is 1. The molecule has 1 aromatic heterocycles. The first-order valence-electron chi connectivity index (χ1n) is 6.40. The number of carbonyl (C=O) groups excluding carboxylic acids is 1. The summed E-state index contributed by atoms with van der Waals surface area (Å²) in [4.78, 5) is 24.0. The van der Waals surface area contributed by atoms with Crippen molar-refractivity contribution in [3.8, 4) is 0 Å². The van der Waals surface area contributed by atoms with Gasteiger partial charge in [-0.15, -0.1) is 11.3 Å². The van der Waals surface area contributed by atoms with E-state index in [1.54, 1.807) is 12.1 Å². The van der Waals surface area contributed by atoms with E-state index in [4.69, 9.17) is 9.84 Å². The van der Waals surface area contributed by atoms with Gasteiger partial charge in [0.2, 0.25) is 0 Å². The summed E-state index contributed by atoms with van der Waals surface area (Å²) in [5, 5.41) is 11.6. The molecular formula is C14H17NO4S. The molecule has 0 aliphatic carbocycles. The van der Waals surface area contributed by atoms with Crippen LogP contribution in [0.25, 0.3) is 6.08 Å². The van der Waals surface area contributed by atoms with Crippen LogP contribution < -0.4 is 5.32 Å². The number of hydrogen-bond acceptors (Lipinski definition) is 4. The van der Waals surface area contributed by atoms with E-state index in [2.05, 4.69) is 5.32 Å². The van der Waals surface area contributed by atoms with E-state index in [1.807, 2.05) is 6.92 Å². The second kappa shape index (κ2) is 6.19. The molecule has 1 aromatic rings. The molecule has 1 fully saturated rings. The highest BCUT2D eigenvalue weighted by atomic mass is 32.1. The minimum atomic E-state index is -1.00. The molecule has 1 aliphatic heterocycles. The second-order valence-electron chi connectivity index (χ2n) is 5.00. The molecule has 5 nitrogen and oxygen atoms in total. The SMILES string of the molecule is CC1(NC(=O)c2ccc(/C=C/C(=O)O)s2)CCOCC1. The maximum absolute atomic E-state index is 12.2. The second-order valence-corrected chi connectivity index (χ2v) is 6.12. The Labute approximate surface area is 121 Å². The first kappa shape index (κ1) is 14.7. The van der Waals surface area contributed by atoms with Crippen molar-refractivity contribution in [1.29, 1.82) is 0 Å². The summed E-state index contributed by atoms with van der Waals surface area (Å²) in [7, 11) is 0. The minimum absolute atomic E-state index is 0.116. The van der Waals surface area contributed by atoms with Gasteiger partial charge in [0.15, 0.2) is 0 Å². The predicted molar refractivity (Wildman–Crippen MR) is 76.9 cm³/mol. The molecule has 0 unspecified atom stereocenters. The maximum atomic E-state index is 12.2. The number of carbonyl (C=O) groups is 2. The average Bonchev–Trinajstić information content (AvgIpc) is 2.85. The lowest BCUT2D eigenvalue weighted by Gasteiger charge is -2.34. The lowest BCUT2D eigenvalue weighted by molar-refractivity contribution is -0.131. The Morgan fingerprint density at radius 2 is 2.10 bits per heavy atom. The van der Waals surface area contributed by atoms with Crippen LogP contribution in [0.1, 0.15) is 34.3 Å². The number of aliphatic carboxylic acids is 1. The predicted octanol–water partition coefficient (Wildman–Crippen LogP) is 2.14. The molecule has 0 bridgehead atoms. The summed E-state index contributed by atoms with van der Waals surface area (Å²) in [5.74, 6) is -1.12. The monoisotopic (exact) mass is 295 g/mol. The zero-order chi connectivity index (χ0) is 14.6. The minimum Gasteiger partial charge on any atom is -0.478 e. The first-order valence-corrected chi connectivity index (χ1v) is 7.21. The van der Waals surface area contributed by atoms with Crippen LogP contribution >= 0.6 is 11.3 Å². The van der Waals surface area contributed by atoms with E-state index in [1.165, 1.54) is 17.4 Å². The molecule has 6 heteroatoms. The van der Waals surface area contributed by atoms with Crippen LogP contribution in [-0.4, -0.2) is 35.7 Å². The van der Waals surface area contributed by atoms with Crippen LogP contribution in [0, 0.1) is 0 Å². The molecule has 0 aromatic carbocycles. The lowest BCUT2D eigenvalue weighted by Crippen LogP contribution is -2.49. The van der Waals surface area contributed by atoms with Crippen LogP contribution in [0.5, 0.6) is 0 Å². The fraction of sp³-hybridized carbons (Fsp3) is 0.429. The third-order valence-electron chi connectivity index (χ3n) is 3.25. The number of ether oxygens (including phenoxy) is 1. The standard InChI is InChI=1S/C14H17NO4S/c1-14(6-8-19-9-7-14)15-13(18)11-4-2-10(20-11)3-5-12(16)17/h2-5H,6-9H2,1H3,(H,15,18)(H,16,17)/b5-3+. The Balaban J connectivity index is 2.00. The van der Waals surface area contributed by atoms with Gasteiger partial charge in [0, 0.05) is 29.7 Å². The highest BCUT2D eigenvalue weighted by molar-refractivity contribution is 7.14. The van der Waals surface area contributed by atoms with Gasteiger partial charge in [0.25, 0.3) is 5.91 Å². The lowest BCUT2D eigenvalue weighted by atomic mass is 9.92. The summed E-state index contributed by atoms with van der Waals surface area (Å²) < 4.78 is 5.30. The third kappa shape index (κ3) is 3.91. The van der Waals surface area contributed by atoms with E-state index < -0.39 is 5.97 Å². The number of hydrogen-bond donors (Lipinski definition) is 2. The van der Waals surface area contributed by atoms with E-state index in [9.17, 15) is 9.59 Å². The Kier molecular flexibility index (Phi) is 4.57. The van der Waals surface area contributed by atoms with Gasteiger partial charge in [-0.1, -0.05) is 0 Å². The molecule has 0 spiro atoms. The number of carboxylic acid groups (broad SMARTS) is 1. The van der Waals surface area contributed by atoms with Gasteiger partial charge in [-0.05, 0) is 38.0 Å². The summed E-state index contributed by atoms with van der Waals surface area (Å²) in [6, 6.07) is 3.45. The molecular weight excluding hydrogens is 278 g/mol. The van der Waals surface area contributed by atoms with Crippen molar-refractivity contribution in [3.63, 3.8) is 0 Å².